The van der Waals surface area contributed by atoms with Gasteiger partial charge in [-0.2, -0.15) is 5.10 Å². The number of hydrogen-bond acceptors (Lipinski definition) is 4. The topological polar surface area (TPSA) is 47.0 Å². The van der Waals surface area contributed by atoms with Crippen molar-refractivity contribution in [3.8, 4) is 5.88 Å². The SMILES string of the molecule is CCCNC(CCCC(C)C)c1ccc(OC)nn1. The number of hydrogen-bond donors (Lipinski definition) is 1. The zero-order valence-electron chi connectivity index (χ0n) is 12.6. The molecule has 1 heterocycles. The molecule has 4 heteroatoms. The molecule has 1 unspecified atom stereocenters. The lowest BCUT2D eigenvalue weighted by molar-refractivity contribution is 0.386. The van der Waals surface area contributed by atoms with E-state index < -0.39 is 0 Å². The second-order valence-electron chi connectivity index (χ2n) is 5.33. The Hall–Kier alpha value is -1.16. The van der Waals surface area contributed by atoms with E-state index in [0.717, 1.165) is 31.0 Å². The van der Waals surface area contributed by atoms with E-state index in [9.17, 15) is 0 Å². The van der Waals surface area contributed by atoms with Crippen LogP contribution in [0.15, 0.2) is 12.1 Å². The first-order valence-corrected chi connectivity index (χ1v) is 7.28. The fraction of sp³-hybridized carbons (Fsp3) is 0.733. The van der Waals surface area contributed by atoms with Crippen molar-refractivity contribution in [1.29, 1.82) is 0 Å². The first kappa shape index (κ1) is 15.9. The molecule has 0 aromatic carbocycles. The maximum absolute atomic E-state index is 5.05. The van der Waals surface area contributed by atoms with E-state index in [2.05, 4.69) is 36.3 Å². The minimum Gasteiger partial charge on any atom is -0.480 e. The van der Waals surface area contributed by atoms with Gasteiger partial charge in [0.2, 0.25) is 5.88 Å². The molecular weight excluding hydrogens is 238 g/mol. The van der Waals surface area contributed by atoms with E-state index in [1.54, 1.807) is 7.11 Å². The molecule has 4 nitrogen and oxygen atoms in total. The number of nitrogens with one attached hydrogen (secondary N) is 1. The number of rotatable bonds is 9. The molecule has 0 fully saturated rings. The molecule has 0 bridgehead atoms. The summed E-state index contributed by atoms with van der Waals surface area (Å²) in [6, 6.07) is 4.19. The van der Waals surface area contributed by atoms with Crippen molar-refractivity contribution in [2.75, 3.05) is 13.7 Å². The second-order valence-corrected chi connectivity index (χ2v) is 5.33. The predicted molar refractivity (Wildman–Crippen MR) is 78.3 cm³/mol. The Kier molecular flexibility index (Phi) is 7.41. The van der Waals surface area contributed by atoms with Gasteiger partial charge < -0.3 is 10.1 Å². The maximum atomic E-state index is 5.05. The van der Waals surface area contributed by atoms with Gasteiger partial charge in [0.05, 0.1) is 18.8 Å². The van der Waals surface area contributed by atoms with Crippen molar-refractivity contribution in [1.82, 2.24) is 15.5 Å². The zero-order valence-corrected chi connectivity index (χ0v) is 12.6. The Bertz CT molecular complexity index is 338. The van der Waals surface area contributed by atoms with Gasteiger partial charge in [-0.15, -0.1) is 5.10 Å². The average molecular weight is 265 g/mol. The predicted octanol–water partition coefficient (Wildman–Crippen LogP) is 3.35. The van der Waals surface area contributed by atoms with Crippen LogP contribution in [0.5, 0.6) is 5.88 Å². The summed E-state index contributed by atoms with van der Waals surface area (Å²) in [5.74, 6) is 1.33. The van der Waals surface area contributed by atoms with Crippen LogP contribution in [0, 0.1) is 5.92 Å². The Balaban J connectivity index is 2.60. The molecule has 0 amide bonds. The largest absolute Gasteiger partial charge is 0.480 e. The summed E-state index contributed by atoms with van der Waals surface area (Å²) in [7, 11) is 1.61. The molecule has 1 N–H and O–H groups in total. The smallest absolute Gasteiger partial charge is 0.233 e. The van der Waals surface area contributed by atoms with Gasteiger partial charge in [0, 0.05) is 6.07 Å². The molecule has 0 radical (unpaired) electrons. The third-order valence-electron chi connectivity index (χ3n) is 3.14. The Labute approximate surface area is 117 Å². The van der Waals surface area contributed by atoms with Gasteiger partial charge in [0.1, 0.15) is 0 Å². The fourth-order valence-electron chi connectivity index (χ4n) is 2.03. The van der Waals surface area contributed by atoms with Crippen molar-refractivity contribution < 1.29 is 4.74 Å². The van der Waals surface area contributed by atoms with Crippen LogP contribution in [0.25, 0.3) is 0 Å². The highest BCUT2D eigenvalue weighted by Gasteiger charge is 2.13. The summed E-state index contributed by atoms with van der Waals surface area (Å²) < 4.78 is 5.05. The molecule has 1 rings (SSSR count). The summed E-state index contributed by atoms with van der Waals surface area (Å²) in [5.41, 5.74) is 1.01. The van der Waals surface area contributed by atoms with Crippen molar-refractivity contribution in [2.24, 2.45) is 5.92 Å². The molecule has 0 aliphatic carbocycles. The third kappa shape index (κ3) is 6.01. The van der Waals surface area contributed by atoms with Crippen molar-refractivity contribution in [2.45, 2.75) is 52.5 Å². The summed E-state index contributed by atoms with van der Waals surface area (Å²) in [5, 5.41) is 11.9. The van der Waals surface area contributed by atoms with Crippen LogP contribution in [0.2, 0.25) is 0 Å². The van der Waals surface area contributed by atoms with Crippen LogP contribution in [0.1, 0.15) is 58.2 Å². The molecule has 0 saturated carbocycles. The van der Waals surface area contributed by atoms with Gasteiger partial charge >= 0.3 is 0 Å². The monoisotopic (exact) mass is 265 g/mol. The van der Waals surface area contributed by atoms with Gasteiger partial charge in [-0.3, -0.25) is 0 Å². The molecule has 0 aliphatic heterocycles. The lowest BCUT2D eigenvalue weighted by atomic mass is 10.0. The first-order valence-electron chi connectivity index (χ1n) is 7.28. The summed E-state index contributed by atoms with van der Waals surface area (Å²) in [4.78, 5) is 0. The minimum atomic E-state index is 0.303. The Morgan fingerprint density at radius 2 is 2.00 bits per heavy atom. The third-order valence-corrected chi connectivity index (χ3v) is 3.14. The normalized spacial score (nSPS) is 12.7. The van der Waals surface area contributed by atoms with Crippen molar-refractivity contribution >= 4 is 0 Å². The standard InChI is InChI=1S/C15H27N3O/c1-5-11-16-13(8-6-7-12(2)3)14-9-10-15(19-4)18-17-14/h9-10,12-13,16H,5-8,11H2,1-4H3. The van der Waals surface area contributed by atoms with E-state index in [4.69, 9.17) is 4.74 Å². The van der Waals surface area contributed by atoms with E-state index >= 15 is 0 Å². The van der Waals surface area contributed by atoms with Gasteiger partial charge in [0.15, 0.2) is 0 Å². The molecule has 1 aromatic rings. The maximum Gasteiger partial charge on any atom is 0.233 e. The fourth-order valence-corrected chi connectivity index (χ4v) is 2.03. The molecule has 1 atom stereocenters. The van der Waals surface area contributed by atoms with Crippen LogP contribution >= 0.6 is 0 Å². The van der Waals surface area contributed by atoms with Crippen molar-refractivity contribution in [3.63, 3.8) is 0 Å². The number of nitrogens with zero attached hydrogens (tertiary/aromatic N) is 2. The molecule has 19 heavy (non-hydrogen) atoms. The second kappa shape index (κ2) is 8.86. The van der Waals surface area contributed by atoms with Gasteiger partial charge in [-0.1, -0.05) is 33.6 Å². The van der Waals surface area contributed by atoms with E-state index in [0.29, 0.717) is 11.9 Å². The summed E-state index contributed by atoms with van der Waals surface area (Å²) in [6.45, 7) is 7.72. The minimum absolute atomic E-state index is 0.303. The Morgan fingerprint density at radius 3 is 2.53 bits per heavy atom. The van der Waals surface area contributed by atoms with Crippen LogP contribution in [-0.4, -0.2) is 23.9 Å². The highest BCUT2D eigenvalue weighted by Crippen LogP contribution is 2.20. The van der Waals surface area contributed by atoms with Gasteiger partial charge in [0.25, 0.3) is 0 Å². The summed E-state index contributed by atoms with van der Waals surface area (Å²) >= 11 is 0. The lowest BCUT2D eigenvalue weighted by Crippen LogP contribution is -2.23. The quantitative estimate of drug-likeness (QED) is 0.744. The zero-order chi connectivity index (χ0) is 14.1. The molecule has 108 valence electrons. The van der Waals surface area contributed by atoms with Gasteiger partial charge in [-0.05, 0) is 31.4 Å². The van der Waals surface area contributed by atoms with E-state index in [1.165, 1.54) is 12.8 Å². The van der Waals surface area contributed by atoms with E-state index in [1.807, 2.05) is 12.1 Å². The van der Waals surface area contributed by atoms with Crippen LogP contribution in [0.4, 0.5) is 0 Å². The molecule has 1 aromatic heterocycles. The van der Waals surface area contributed by atoms with Crippen molar-refractivity contribution in [3.05, 3.63) is 17.8 Å². The van der Waals surface area contributed by atoms with Crippen LogP contribution in [-0.2, 0) is 0 Å². The number of aromatic nitrogens is 2. The van der Waals surface area contributed by atoms with Crippen LogP contribution in [0.3, 0.4) is 0 Å². The highest BCUT2D eigenvalue weighted by molar-refractivity contribution is 5.14. The van der Waals surface area contributed by atoms with E-state index in [-0.39, 0.29) is 0 Å². The molecular formula is C15H27N3O. The highest BCUT2D eigenvalue weighted by atomic mass is 16.5. The average Bonchev–Trinajstić information content (AvgIpc) is 2.42. The molecule has 0 aliphatic rings. The number of methoxy groups -OCH3 is 1. The Morgan fingerprint density at radius 1 is 1.21 bits per heavy atom. The number of ether oxygens (including phenoxy) is 1. The summed E-state index contributed by atoms with van der Waals surface area (Å²) in [6.07, 6.45) is 4.71. The molecule has 0 saturated heterocycles. The first-order chi connectivity index (χ1) is 9.17. The van der Waals surface area contributed by atoms with Crippen LogP contribution < -0.4 is 10.1 Å². The lowest BCUT2D eigenvalue weighted by Gasteiger charge is -2.18. The van der Waals surface area contributed by atoms with Gasteiger partial charge in [-0.25, -0.2) is 0 Å². The molecule has 0 spiro atoms.